The molecule has 1 atom stereocenters. The summed E-state index contributed by atoms with van der Waals surface area (Å²) in [5, 5.41) is 0.238. The Morgan fingerprint density at radius 3 is 2.92 bits per heavy atom. The van der Waals surface area contributed by atoms with Crippen molar-refractivity contribution in [1.29, 1.82) is 0 Å². The van der Waals surface area contributed by atoms with Gasteiger partial charge in [-0.05, 0) is 30.5 Å². The highest BCUT2D eigenvalue weighted by molar-refractivity contribution is 6.30. The topological polar surface area (TPSA) is 58.9 Å². The minimum atomic E-state index is -0.245. The molecule has 3 N–H and O–H groups in total. The van der Waals surface area contributed by atoms with Gasteiger partial charge in [0.05, 0.1) is 0 Å². The molecule has 0 aliphatic heterocycles. The van der Waals surface area contributed by atoms with Crippen LogP contribution >= 0.6 is 11.6 Å². The molecule has 1 rings (SSSR count). The van der Waals surface area contributed by atoms with Crippen LogP contribution in [0.3, 0.4) is 0 Å². The number of nitrogens with two attached hydrogens (primary N) is 1. The summed E-state index contributed by atoms with van der Waals surface area (Å²) in [6.45, 7) is 2.69. The molecule has 0 saturated heterocycles. The second kappa shape index (κ2) is 4.44. The van der Waals surface area contributed by atoms with Crippen molar-refractivity contribution in [2.45, 2.75) is 13.3 Å². The average molecular weight is 201 g/mol. The first-order chi connectivity index (χ1) is 6.13. The van der Waals surface area contributed by atoms with Crippen molar-refractivity contribution in [3.8, 4) is 0 Å². The summed E-state index contributed by atoms with van der Waals surface area (Å²) in [6.07, 6.45) is 2.52. The van der Waals surface area contributed by atoms with E-state index in [0.29, 0.717) is 12.5 Å². The fraction of sp³-hybridized carbons (Fsp3) is 0.444. The number of H-pyrrole nitrogens is 1. The van der Waals surface area contributed by atoms with Crippen LogP contribution in [0.15, 0.2) is 17.1 Å². The normalized spacial score (nSPS) is 12.8. The van der Waals surface area contributed by atoms with Crippen LogP contribution in [0.25, 0.3) is 0 Å². The van der Waals surface area contributed by atoms with Crippen molar-refractivity contribution in [2.75, 3.05) is 6.54 Å². The lowest BCUT2D eigenvalue weighted by atomic mass is 10.0. The van der Waals surface area contributed by atoms with Crippen LogP contribution < -0.4 is 11.3 Å². The third-order valence-corrected chi connectivity index (χ3v) is 2.18. The molecule has 0 fully saturated rings. The molecule has 4 heteroatoms. The van der Waals surface area contributed by atoms with E-state index in [9.17, 15) is 4.79 Å². The fourth-order valence-electron chi connectivity index (χ4n) is 1.10. The molecule has 1 aromatic rings. The summed E-state index contributed by atoms with van der Waals surface area (Å²) in [4.78, 5) is 13.5. The molecule has 0 amide bonds. The third-order valence-electron chi connectivity index (χ3n) is 1.90. The van der Waals surface area contributed by atoms with E-state index >= 15 is 0 Å². The lowest BCUT2D eigenvalue weighted by Gasteiger charge is -2.07. The Hall–Kier alpha value is -0.800. The third kappa shape index (κ3) is 2.86. The Bertz CT molecular complexity index is 335. The van der Waals surface area contributed by atoms with Gasteiger partial charge in [-0.2, -0.15) is 0 Å². The number of hydrogen-bond acceptors (Lipinski definition) is 2. The van der Waals surface area contributed by atoms with Crippen LogP contribution in [0, 0.1) is 5.92 Å². The van der Waals surface area contributed by atoms with Crippen molar-refractivity contribution >= 4 is 11.6 Å². The first-order valence-electron chi connectivity index (χ1n) is 4.20. The Labute approximate surface area is 81.9 Å². The van der Waals surface area contributed by atoms with Gasteiger partial charge in [0, 0.05) is 6.20 Å². The highest BCUT2D eigenvalue weighted by Crippen LogP contribution is 2.08. The van der Waals surface area contributed by atoms with Crippen LogP contribution in [0.4, 0.5) is 0 Å². The van der Waals surface area contributed by atoms with Gasteiger partial charge in [-0.15, -0.1) is 0 Å². The van der Waals surface area contributed by atoms with E-state index in [1.165, 1.54) is 0 Å². The van der Waals surface area contributed by atoms with Crippen LogP contribution in [-0.4, -0.2) is 11.5 Å². The smallest absolute Gasteiger partial charge is 0.266 e. The molecular weight excluding hydrogens is 188 g/mol. The number of rotatable bonds is 3. The number of nitrogens with one attached hydrogen (secondary N) is 1. The van der Waals surface area contributed by atoms with E-state index in [1.54, 1.807) is 12.3 Å². The SMILES string of the molecule is CC(CN)Cc1c[nH]c(=O)c(Cl)c1. The first kappa shape index (κ1) is 10.3. The van der Waals surface area contributed by atoms with Crippen LogP contribution in [0.2, 0.25) is 5.02 Å². The molecule has 0 bridgehead atoms. The number of aromatic nitrogens is 1. The van der Waals surface area contributed by atoms with Crippen molar-refractivity contribution in [2.24, 2.45) is 11.7 Å². The molecule has 0 saturated carbocycles. The molecule has 1 unspecified atom stereocenters. The lowest BCUT2D eigenvalue weighted by Crippen LogP contribution is -2.14. The lowest BCUT2D eigenvalue weighted by molar-refractivity contribution is 0.592. The van der Waals surface area contributed by atoms with E-state index in [-0.39, 0.29) is 10.6 Å². The van der Waals surface area contributed by atoms with E-state index in [1.807, 2.05) is 0 Å². The van der Waals surface area contributed by atoms with Crippen molar-refractivity contribution in [3.05, 3.63) is 33.2 Å². The first-order valence-corrected chi connectivity index (χ1v) is 4.58. The van der Waals surface area contributed by atoms with Crippen LogP contribution in [-0.2, 0) is 6.42 Å². The van der Waals surface area contributed by atoms with Gasteiger partial charge in [0.15, 0.2) is 0 Å². The van der Waals surface area contributed by atoms with Gasteiger partial charge in [0.2, 0.25) is 0 Å². The maximum Gasteiger partial charge on any atom is 0.266 e. The molecule has 0 spiro atoms. The van der Waals surface area contributed by atoms with E-state index in [0.717, 1.165) is 12.0 Å². The molecule has 13 heavy (non-hydrogen) atoms. The Balaban J connectivity index is 2.79. The van der Waals surface area contributed by atoms with Crippen molar-refractivity contribution in [1.82, 2.24) is 4.98 Å². The minimum absolute atomic E-state index is 0.238. The maximum absolute atomic E-state index is 10.9. The summed E-state index contributed by atoms with van der Waals surface area (Å²) < 4.78 is 0. The van der Waals surface area contributed by atoms with Crippen LogP contribution in [0.1, 0.15) is 12.5 Å². The largest absolute Gasteiger partial charge is 0.330 e. The number of hydrogen-bond donors (Lipinski definition) is 2. The zero-order chi connectivity index (χ0) is 9.84. The Morgan fingerprint density at radius 1 is 1.69 bits per heavy atom. The summed E-state index contributed by atoms with van der Waals surface area (Å²) in [7, 11) is 0. The Kier molecular flexibility index (Phi) is 3.51. The zero-order valence-corrected chi connectivity index (χ0v) is 8.27. The monoisotopic (exact) mass is 200 g/mol. The summed E-state index contributed by atoms with van der Waals surface area (Å²) in [6, 6.07) is 1.69. The molecule has 0 aliphatic carbocycles. The maximum atomic E-state index is 10.9. The van der Waals surface area contributed by atoms with Gasteiger partial charge in [0.25, 0.3) is 5.56 Å². The molecule has 0 radical (unpaired) electrons. The van der Waals surface area contributed by atoms with E-state index in [4.69, 9.17) is 17.3 Å². The standard InChI is InChI=1S/C9H13ClN2O/c1-6(4-11)2-7-3-8(10)9(13)12-5-7/h3,5-6H,2,4,11H2,1H3,(H,12,13). The average Bonchev–Trinajstić information content (AvgIpc) is 2.11. The quantitative estimate of drug-likeness (QED) is 0.770. The highest BCUT2D eigenvalue weighted by atomic mass is 35.5. The second-order valence-electron chi connectivity index (χ2n) is 3.23. The summed E-state index contributed by atoms with van der Waals surface area (Å²) >= 11 is 5.67. The van der Waals surface area contributed by atoms with Gasteiger partial charge in [-0.3, -0.25) is 4.79 Å². The molecule has 0 aromatic carbocycles. The number of pyridine rings is 1. The molecule has 3 nitrogen and oxygen atoms in total. The molecular formula is C9H13ClN2O. The zero-order valence-electron chi connectivity index (χ0n) is 7.51. The predicted octanol–water partition coefficient (Wildman–Crippen LogP) is 1.17. The summed E-state index contributed by atoms with van der Waals surface area (Å²) in [5.74, 6) is 0.405. The van der Waals surface area contributed by atoms with Gasteiger partial charge in [-0.1, -0.05) is 18.5 Å². The summed E-state index contributed by atoms with van der Waals surface area (Å²) in [5.41, 5.74) is 6.25. The number of aromatic amines is 1. The number of halogens is 1. The molecule has 1 aromatic heterocycles. The van der Waals surface area contributed by atoms with Crippen molar-refractivity contribution < 1.29 is 0 Å². The highest BCUT2D eigenvalue weighted by Gasteiger charge is 2.03. The van der Waals surface area contributed by atoms with E-state index in [2.05, 4.69) is 11.9 Å². The molecule has 1 heterocycles. The molecule has 72 valence electrons. The molecule has 0 aliphatic rings. The van der Waals surface area contributed by atoms with Crippen LogP contribution in [0.5, 0.6) is 0 Å². The van der Waals surface area contributed by atoms with Gasteiger partial charge < -0.3 is 10.7 Å². The van der Waals surface area contributed by atoms with Gasteiger partial charge in [0.1, 0.15) is 5.02 Å². The second-order valence-corrected chi connectivity index (χ2v) is 3.64. The fourth-order valence-corrected chi connectivity index (χ4v) is 1.30. The van der Waals surface area contributed by atoms with Crippen molar-refractivity contribution in [3.63, 3.8) is 0 Å². The minimum Gasteiger partial charge on any atom is -0.330 e. The Morgan fingerprint density at radius 2 is 2.38 bits per heavy atom. The predicted molar refractivity (Wildman–Crippen MR) is 54.0 cm³/mol. The van der Waals surface area contributed by atoms with Gasteiger partial charge in [-0.25, -0.2) is 0 Å². The van der Waals surface area contributed by atoms with Gasteiger partial charge >= 0.3 is 0 Å². The van der Waals surface area contributed by atoms with E-state index < -0.39 is 0 Å².